The van der Waals surface area contributed by atoms with Crippen LogP contribution in [-0.4, -0.2) is 58.8 Å². The van der Waals surface area contributed by atoms with Gasteiger partial charge < -0.3 is 19.3 Å². The zero-order valence-electron chi connectivity index (χ0n) is 17.7. The van der Waals surface area contributed by atoms with Gasteiger partial charge in [0.1, 0.15) is 18.0 Å². The van der Waals surface area contributed by atoms with E-state index in [0.717, 1.165) is 23.7 Å². The molecule has 0 radical (unpaired) electrons. The lowest BCUT2D eigenvalue weighted by Gasteiger charge is -2.41. The van der Waals surface area contributed by atoms with Gasteiger partial charge in [0.2, 0.25) is 0 Å². The fraction of sp³-hybridized carbons (Fsp3) is 0.500. The van der Waals surface area contributed by atoms with Crippen LogP contribution in [0.2, 0.25) is 0 Å². The molecule has 2 aromatic rings. The number of aryl methyl sites for hydroxylation is 1. The first kappa shape index (κ1) is 20.7. The standard InChI is InChI=1S/C22H28N4O3S/c1-22(2,3)29-21(27)25-11-12-26(20-24-18-8-4-5-9-19(18)30-20)16(14-25)15-28-17-7-6-10-23-13-17/h4,6-8,10,13,16H,5,9,11-12,14-15H2,1-3H3. The summed E-state index contributed by atoms with van der Waals surface area (Å²) in [4.78, 5) is 27.0. The van der Waals surface area contributed by atoms with Crippen LogP contribution in [0.15, 0.2) is 30.6 Å². The number of nitrogens with zero attached hydrogens (tertiary/aromatic N) is 4. The summed E-state index contributed by atoms with van der Waals surface area (Å²) in [5, 5.41) is 0.996. The van der Waals surface area contributed by atoms with Crippen LogP contribution in [0.5, 0.6) is 5.75 Å². The Balaban J connectivity index is 1.51. The minimum atomic E-state index is -0.517. The maximum atomic E-state index is 12.6. The molecular weight excluding hydrogens is 400 g/mol. The van der Waals surface area contributed by atoms with Gasteiger partial charge in [-0.3, -0.25) is 4.98 Å². The van der Waals surface area contributed by atoms with Crippen molar-refractivity contribution < 1.29 is 14.3 Å². The van der Waals surface area contributed by atoms with Crippen molar-refractivity contribution in [1.82, 2.24) is 14.9 Å². The van der Waals surface area contributed by atoms with Gasteiger partial charge in [0, 0.05) is 30.7 Å². The Morgan fingerprint density at radius 1 is 1.33 bits per heavy atom. The number of carbonyl (C=O) groups is 1. The summed E-state index contributed by atoms with van der Waals surface area (Å²) in [6, 6.07) is 3.71. The van der Waals surface area contributed by atoms with Crippen molar-refractivity contribution in [3.8, 4) is 5.75 Å². The van der Waals surface area contributed by atoms with Crippen LogP contribution in [0.25, 0.3) is 6.08 Å². The zero-order valence-corrected chi connectivity index (χ0v) is 18.5. The number of fused-ring (bicyclic) bond motifs is 1. The molecule has 30 heavy (non-hydrogen) atoms. The molecule has 7 nitrogen and oxygen atoms in total. The minimum absolute atomic E-state index is 0.0249. The number of piperazine rings is 1. The van der Waals surface area contributed by atoms with E-state index in [1.54, 1.807) is 28.6 Å². The number of carbonyl (C=O) groups excluding carboxylic acids is 1. The second-order valence-corrected chi connectivity index (χ2v) is 9.58. The maximum absolute atomic E-state index is 12.6. The van der Waals surface area contributed by atoms with Crippen LogP contribution in [-0.2, 0) is 11.2 Å². The molecule has 1 fully saturated rings. The highest BCUT2D eigenvalue weighted by molar-refractivity contribution is 7.15. The van der Waals surface area contributed by atoms with E-state index in [9.17, 15) is 4.79 Å². The molecule has 1 saturated heterocycles. The number of hydrogen-bond donors (Lipinski definition) is 0. The molecule has 3 heterocycles. The van der Waals surface area contributed by atoms with Gasteiger partial charge in [0.25, 0.3) is 0 Å². The topological polar surface area (TPSA) is 67.8 Å². The maximum Gasteiger partial charge on any atom is 0.410 e. The lowest BCUT2D eigenvalue weighted by atomic mass is 10.1. The summed E-state index contributed by atoms with van der Waals surface area (Å²) < 4.78 is 11.6. The predicted octanol–water partition coefficient (Wildman–Crippen LogP) is 4.00. The Labute approximate surface area is 181 Å². The first-order chi connectivity index (χ1) is 14.4. The first-order valence-electron chi connectivity index (χ1n) is 10.3. The van der Waals surface area contributed by atoms with Crippen LogP contribution in [0.1, 0.15) is 37.8 Å². The number of ether oxygens (including phenoxy) is 2. The molecule has 0 aromatic carbocycles. The number of pyridine rings is 1. The van der Waals surface area contributed by atoms with Crippen LogP contribution < -0.4 is 9.64 Å². The molecule has 0 saturated carbocycles. The molecule has 2 aromatic heterocycles. The summed E-state index contributed by atoms with van der Waals surface area (Å²) in [5.41, 5.74) is 0.555. The normalized spacial score (nSPS) is 18.8. The number of amides is 1. The minimum Gasteiger partial charge on any atom is -0.490 e. The van der Waals surface area contributed by atoms with Crippen molar-refractivity contribution in [1.29, 1.82) is 0 Å². The Bertz CT molecular complexity index is 907. The molecule has 0 spiro atoms. The Hall–Kier alpha value is -2.61. The summed E-state index contributed by atoms with van der Waals surface area (Å²) in [6.45, 7) is 7.91. The predicted molar refractivity (Wildman–Crippen MR) is 118 cm³/mol. The monoisotopic (exact) mass is 428 g/mol. The Morgan fingerprint density at radius 2 is 2.20 bits per heavy atom. The van der Waals surface area contributed by atoms with Gasteiger partial charge in [-0.2, -0.15) is 0 Å². The molecule has 1 aliphatic carbocycles. The molecule has 0 bridgehead atoms. The van der Waals surface area contributed by atoms with Gasteiger partial charge in [0.05, 0.1) is 17.9 Å². The van der Waals surface area contributed by atoms with Crippen molar-refractivity contribution in [3.63, 3.8) is 0 Å². The summed E-state index contributed by atoms with van der Waals surface area (Å²) >= 11 is 1.75. The van der Waals surface area contributed by atoms with Crippen LogP contribution >= 0.6 is 11.3 Å². The molecular formula is C22H28N4O3S. The fourth-order valence-electron chi connectivity index (χ4n) is 3.56. The van der Waals surface area contributed by atoms with Gasteiger partial charge >= 0.3 is 6.09 Å². The second kappa shape index (κ2) is 8.63. The highest BCUT2D eigenvalue weighted by atomic mass is 32.1. The van der Waals surface area contributed by atoms with Crippen molar-refractivity contribution in [2.24, 2.45) is 0 Å². The quantitative estimate of drug-likeness (QED) is 0.733. The average molecular weight is 429 g/mol. The van der Waals surface area contributed by atoms with E-state index >= 15 is 0 Å². The van der Waals surface area contributed by atoms with Crippen molar-refractivity contribution >= 4 is 28.6 Å². The molecule has 4 rings (SSSR count). The van der Waals surface area contributed by atoms with Crippen LogP contribution in [0, 0.1) is 0 Å². The molecule has 1 atom stereocenters. The second-order valence-electron chi connectivity index (χ2n) is 8.52. The van der Waals surface area contributed by atoms with E-state index in [2.05, 4.69) is 22.0 Å². The van der Waals surface area contributed by atoms with Crippen molar-refractivity contribution in [2.45, 2.75) is 45.3 Å². The third-order valence-electron chi connectivity index (χ3n) is 4.99. The average Bonchev–Trinajstić information content (AvgIpc) is 3.15. The smallest absolute Gasteiger partial charge is 0.410 e. The largest absolute Gasteiger partial charge is 0.490 e. The number of aromatic nitrogens is 2. The van der Waals surface area contributed by atoms with Gasteiger partial charge in [-0.05, 0) is 51.8 Å². The summed E-state index contributed by atoms with van der Waals surface area (Å²) in [5.74, 6) is 0.716. The SMILES string of the molecule is CC(C)(C)OC(=O)N1CCN(c2nc3c(s2)CCC=C3)C(COc2cccnc2)C1. The van der Waals surface area contributed by atoms with Crippen molar-refractivity contribution in [3.05, 3.63) is 41.2 Å². The fourth-order valence-corrected chi connectivity index (χ4v) is 4.72. The highest BCUT2D eigenvalue weighted by Gasteiger charge is 2.34. The number of anilines is 1. The molecule has 0 N–H and O–H groups in total. The van der Waals surface area contributed by atoms with E-state index in [-0.39, 0.29) is 12.1 Å². The number of allylic oxidation sites excluding steroid dienone is 1. The van der Waals surface area contributed by atoms with Crippen molar-refractivity contribution in [2.75, 3.05) is 31.1 Å². The summed E-state index contributed by atoms with van der Waals surface area (Å²) in [7, 11) is 0. The Morgan fingerprint density at radius 3 is 2.93 bits per heavy atom. The molecule has 2 aliphatic rings. The van der Waals surface area contributed by atoms with E-state index in [1.807, 2.05) is 32.9 Å². The molecule has 8 heteroatoms. The number of hydrogen-bond acceptors (Lipinski definition) is 7. The van der Waals surface area contributed by atoms with Crippen LogP contribution in [0.4, 0.5) is 9.93 Å². The number of thiazole rings is 1. The van der Waals surface area contributed by atoms with E-state index in [1.165, 1.54) is 4.88 Å². The van der Waals surface area contributed by atoms with Gasteiger partial charge in [-0.1, -0.05) is 6.08 Å². The molecule has 160 valence electrons. The zero-order chi connectivity index (χ0) is 21.1. The molecule has 1 amide bonds. The van der Waals surface area contributed by atoms with Crippen LogP contribution in [0.3, 0.4) is 0 Å². The van der Waals surface area contributed by atoms with E-state index < -0.39 is 5.60 Å². The van der Waals surface area contributed by atoms with E-state index in [0.29, 0.717) is 32.0 Å². The number of rotatable bonds is 4. The Kier molecular flexibility index (Phi) is 5.94. The first-order valence-corrected chi connectivity index (χ1v) is 11.1. The lowest BCUT2D eigenvalue weighted by molar-refractivity contribution is 0.0201. The third-order valence-corrected chi connectivity index (χ3v) is 6.15. The molecule has 1 aliphatic heterocycles. The lowest BCUT2D eigenvalue weighted by Crippen LogP contribution is -2.57. The van der Waals surface area contributed by atoms with Gasteiger partial charge in [-0.25, -0.2) is 9.78 Å². The van der Waals surface area contributed by atoms with E-state index in [4.69, 9.17) is 14.5 Å². The van der Waals surface area contributed by atoms with Gasteiger partial charge in [0.15, 0.2) is 5.13 Å². The van der Waals surface area contributed by atoms with Gasteiger partial charge in [-0.15, -0.1) is 11.3 Å². The highest BCUT2D eigenvalue weighted by Crippen LogP contribution is 2.33. The third kappa shape index (κ3) is 4.92. The summed E-state index contributed by atoms with van der Waals surface area (Å²) in [6.07, 6.45) is 9.53. The molecule has 1 unspecified atom stereocenters.